The smallest absolute Gasteiger partial charge is 0.243 e. The molecule has 164 valence electrons. The van der Waals surface area contributed by atoms with E-state index in [-0.39, 0.29) is 17.3 Å². The second-order valence-corrected chi connectivity index (χ2v) is 10.3. The van der Waals surface area contributed by atoms with Gasteiger partial charge in [0.1, 0.15) is 28.5 Å². The Bertz CT molecular complexity index is 1400. The fourth-order valence-electron chi connectivity index (χ4n) is 3.80. The van der Waals surface area contributed by atoms with Crippen molar-refractivity contribution >= 4 is 43.1 Å². The third kappa shape index (κ3) is 3.70. The molecule has 1 N–H and O–H groups in total. The van der Waals surface area contributed by atoms with Crippen molar-refractivity contribution < 1.29 is 17.5 Å². The molecule has 0 atom stereocenters. The summed E-state index contributed by atoms with van der Waals surface area (Å²) in [5, 5.41) is 4.03. The van der Waals surface area contributed by atoms with Crippen LogP contribution in [0.4, 0.5) is 15.9 Å². The van der Waals surface area contributed by atoms with Gasteiger partial charge in [-0.3, -0.25) is 0 Å². The summed E-state index contributed by atoms with van der Waals surface area (Å²) in [6.07, 6.45) is 1.99. The van der Waals surface area contributed by atoms with Gasteiger partial charge in [0.25, 0.3) is 0 Å². The minimum absolute atomic E-state index is 0.233. The van der Waals surface area contributed by atoms with E-state index in [2.05, 4.69) is 15.3 Å². The molecule has 0 bridgehead atoms. The number of nitrogens with zero attached hydrogens (tertiary/aromatic N) is 3. The van der Waals surface area contributed by atoms with Gasteiger partial charge in [0.2, 0.25) is 10.0 Å². The van der Waals surface area contributed by atoms with Gasteiger partial charge in [-0.05, 0) is 54.4 Å². The molecule has 0 spiro atoms. The van der Waals surface area contributed by atoms with E-state index < -0.39 is 10.0 Å². The lowest BCUT2D eigenvalue weighted by molar-refractivity contribution is 0.396. The first-order valence-corrected chi connectivity index (χ1v) is 12.1. The first kappa shape index (κ1) is 20.8. The number of halogens is 1. The molecule has 7 nitrogen and oxygen atoms in total. The van der Waals surface area contributed by atoms with Crippen LogP contribution >= 0.6 is 11.3 Å². The van der Waals surface area contributed by atoms with Crippen LogP contribution in [-0.4, -0.2) is 36.3 Å². The molecule has 0 aliphatic carbocycles. The average Bonchev–Trinajstić information content (AvgIpc) is 3.18. The Labute approximate surface area is 188 Å². The maximum atomic E-state index is 13.6. The number of sulfonamides is 1. The Balaban J connectivity index is 1.47. The standard InChI is InChI=1S/C22H19FN4O3S2/c1-30-16-5-7-17(8-6-16)32(28,29)27-10-9-18-19(12-27)31-22-20(18)21(24-13-25-22)26-15-4-2-3-14(23)11-15/h2-8,11,13H,9-10,12H2,1H3,(H,24,25,26). The summed E-state index contributed by atoms with van der Waals surface area (Å²) in [7, 11) is -2.10. The molecule has 1 aliphatic heterocycles. The molecule has 32 heavy (non-hydrogen) atoms. The van der Waals surface area contributed by atoms with Crippen molar-refractivity contribution in [2.24, 2.45) is 0 Å². The zero-order valence-corrected chi connectivity index (χ0v) is 18.7. The lowest BCUT2D eigenvalue weighted by Crippen LogP contribution is -2.35. The van der Waals surface area contributed by atoms with Crippen LogP contribution in [0.2, 0.25) is 0 Å². The second kappa shape index (κ2) is 8.12. The highest BCUT2D eigenvalue weighted by atomic mass is 32.2. The number of hydrogen-bond acceptors (Lipinski definition) is 7. The number of ether oxygens (including phenoxy) is 1. The molecular weight excluding hydrogens is 451 g/mol. The van der Waals surface area contributed by atoms with Crippen LogP contribution in [0.1, 0.15) is 10.4 Å². The van der Waals surface area contributed by atoms with E-state index in [0.717, 1.165) is 20.7 Å². The van der Waals surface area contributed by atoms with Gasteiger partial charge in [-0.2, -0.15) is 4.31 Å². The summed E-state index contributed by atoms with van der Waals surface area (Å²) in [5.41, 5.74) is 1.62. The Morgan fingerprint density at radius 1 is 1.16 bits per heavy atom. The minimum atomic E-state index is -3.64. The molecule has 1 aliphatic rings. The maximum absolute atomic E-state index is 13.6. The van der Waals surface area contributed by atoms with Crippen molar-refractivity contribution in [3.8, 4) is 5.75 Å². The van der Waals surface area contributed by atoms with E-state index in [1.54, 1.807) is 36.4 Å². The van der Waals surface area contributed by atoms with Crippen molar-refractivity contribution in [3.05, 3.63) is 71.1 Å². The molecule has 0 fully saturated rings. The molecule has 2 aromatic carbocycles. The maximum Gasteiger partial charge on any atom is 0.243 e. The summed E-state index contributed by atoms with van der Waals surface area (Å²) < 4.78 is 46.5. The van der Waals surface area contributed by atoms with Crippen LogP contribution in [0.15, 0.2) is 59.8 Å². The minimum Gasteiger partial charge on any atom is -0.497 e. The van der Waals surface area contributed by atoms with Gasteiger partial charge in [0, 0.05) is 23.7 Å². The van der Waals surface area contributed by atoms with Gasteiger partial charge in [-0.25, -0.2) is 22.8 Å². The highest BCUT2D eigenvalue weighted by Crippen LogP contribution is 2.39. The SMILES string of the molecule is COc1ccc(S(=O)(=O)N2CCc3c(sc4ncnc(Nc5cccc(F)c5)c34)C2)cc1. The highest BCUT2D eigenvalue weighted by Gasteiger charge is 2.31. The van der Waals surface area contributed by atoms with Crippen molar-refractivity contribution in [3.63, 3.8) is 0 Å². The van der Waals surface area contributed by atoms with Crippen LogP contribution < -0.4 is 10.1 Å². The molecule has 5 rings (SSSR count). The third-order valence-corrected chi connectivity index (χ3v) is 8.37. The molecule has 0 unspecified atom stereocenters. The molecule has 0 radical (unpaired) electrons. The van der Waals surface area contributed by atoms with E-state index in [0.29, 0.717) is 30.2 Å². The van der Waals surface area contributed by atoms with E-state index >= 15 is 0 Å². The Morgan fingerprint density at radius 2 is 1.97 bits per heavy atom. The summed E-state index contributed by atoms with van der Waals surface area (Å²) in [6, 6.07) is 12.6. The molecule has 10 heteroatoms. The van der Waals surface area contributed by atoms with Crippen LogP contribution in [0.3, 0.4) is 0 Å². The molecule has 2 aromatic heterocycles. The summed E-state index contributed by atoms with van der Waals surface area (Å²) in [4.78, 5) is 10.7. The fraction of sp³-hybridized carbons (Fsp3) is 0.182. The van der Waals surface area contributed by atoms with Crippen molar-refractivity contribution in [2.75, 3.05) is 19.0 Å². The van der Waals surface area contributed by atoms with Crippen LogP contribution in [-0.2, 0) is 23.0 Å². The number of rotatable bonds is 5. The van der Waals surface area contributed by atoms with E-state index in [4.69, 9.17) is 4.74 Å². The zero-order chi connectivity index (χ0) is 22.3. The molecule has 4 aromatic rings. The normalized spacial score (nSPS) is 14.3. The van der Waals surface area contributed by atoms with E-state index in [1.807, 2.05) is 0 Å². The number of benzene rings is 2. The number of anilines is 2. The molecule has 0 saturated heterocycles. The van der Waals surface area contributed by atoms with Crippen LogP contribution in [0.25, 0.3) is 10.2 Å². The van der Waals surface area contributed by atoms with Gasteiger partial charge in [0.05, 0.1) is 17.4 Å². The van der Waals surface area contributed by atoms with Crippen molar-refractivity contribution in [2.45, 2.75) is 17.9 Å². The van der Waals surface area contributed by atoms with Gasteiger partial charge in [0.15, 0.2) is 0 Å². The quantitative estimate of drug-likeness (QED) is 0.467. The number of nitrogens with one attached hydrogen (secondary N) is 1. The van der Waals surface area contributed by atoms with Crippen molar-refractivity contribution in [1.82, 2.24) is 14.3 Å². The first-order chi connectivity index (χ1) is 15.5. The molecule has 0 amide bonds. The highest BCUT2D eigenvalue weighted by molar-refractivity contribution is 7.89. The Morgan fingerprint density at radius 3 is 2.72 bits per heavy atom. The van der Waals surface area contributed by atoms with Gasteiger partial charge < -0.3 is 10.1 Å². The molecule has 0 saturated carbocycles. The first-order valence-electron chi connectivity index (χ1n) is 9.88. The molecular formula is C22H19FN4O3S2. The van der Waals surface area contributed by atoms with Gasteiger partial charge in [-0.1, -0.05) is 6.07 Å². The topological polar surface area (TPSA) is 84.4 Å². The Hall–Kier alpha value is -3.08. The lowest BCUT2D eigenvalue weighted by atomic mass is 10.1. The largest absolute Gasteiger partial charge is 0.497 e. The van der Waals surface area contributed by atoms with Gasteiger partial charge >= 0.3 is 0 Å². The lowest BCUT2D eigenvalue weighted by Gasteiger charge is -2.26. The number of hydrogen-bond donors (Lipinski definition) is 1. The second-order valence-electron chi connectivity index (χ2n) is 7.31. The molecule has 3 heterocycles. The number of thiophene rings is 1. The summed E-state index contributed by atoms with van der Waals surface area (Å²) >= 11 is 1.46. The predicted molar refractivity (Wildman–Crippen MR) is 121 cm³/mol. The number of fused-ring (bicyclic) bond motifs is 3. The average molecular weight is 471 g/mol. The Kier molecular flexibility index (Phi) is 5.28. The zero-order valence-electron chi connectivity index (χ0n) is 17.1. The summed E-state index contributed by atoms with van der Waals surface area (Å²) in [5.74, 6) is 0.850. The number of methoxy groups -OCH3 is 1. The van der Waals surface area contributed by atoms with Crippen molar-refractivity contribution in [1.29, 1.82) is 0 Å². The number of aromatic nitrogens is 2. The fourth-order valence-corrected chi connectivity index (χ4v) is 6.50. The van der Waals surface area contributed by atoms with Crippen LogP contribution in [0.5, 0.6) is 5.75 Å². The third-order valence-electron chi connectivity index (χ3n) is 5.39. The predicted octanol–water partition coefficient (Wildman–Crippen LogP) is 4.33. The van der Waals surface area contributed by atoms with E-state index in [1.165, 1.54) is 41.2 Å². The summed E-state index contributed by atoms with van der Waals surface area (Å²) in [6.45, 7) is 0.617. The van der Waals surface area contributed by atoms with Gasteiger partial charge in [-0.15, -0.1) is 11.3 Å². The monoisotopic (exact) mass is 470 g/mol. The van der Waals surface area contributed by atoms with E-state index in [9.17, 15) is 12.8 Å². The van der Waals surface area contributed by atoms with Crippen LogP contribution in [0, 0.1) is 5.82 Å².